The Morgan fingerprint density at radius 3 is 2.79 bits per heavy atom. The number of H-pyrrole nitrogens is 1. The number of nitrogens with one attached hydrogen (secondary N) is 1. The summed E-state index contributed by atoms with van der Waals surface area (Å²) in [4.78, 5) is 13.9. The van der Waals surface area contributed by atoms with Gasteiger partial charge in [-0.05, 0) is 24.6 Å². The summed E-state index contributed by atoms with van der Waals surface area (Å²) in [5, 5.41) is 0. The Balaban J connectivity index is 1.95. The topological polar surface area (TPSA) is 80.1 Å². The van der Waals surface area contributed by atoms with Gasteiger partial charge in [-0.25, -0.2) is 9.97 Å². The number of hydrogen-bond donors (Lipinski definition) is 2. The molecule has 0 aromatic carbocycles. The zero-order valence-electron chi connectivity index (χ0n) is 10.9. The second kappa shape index (κ2) is 4.89. The van der Waals surface area contributed by atoms with E-state index in [-0.39, 0.29) is 0 Å². The zero-order chi connectivity index (χ0) is 13.2. The van der Waals surface area contributed by atoms with Crippen molar-refractivity contribution in [3.63, 3.8) is 0 Å². The molecule has 19 heavy (non-hydrogen) atoms. The van der Waals surface area contributed by atoms with Gasteiger partial charge in [0, 0.05) is 13.1 Å². The Labute approximate surface area is 111 Å². The number of aryl methyl sites for hydroxylation is 1. The number of morpholine rings is 1. The van der Waals surface area contributed by atoms with Crippen molar-refractivity contribution in [2.75, 3.05) is 36.9 Å². The minimum Gasteiger partial charge on any atom is -0.378 e. The lowest BCUT2D eigenvalue weighted by Gasteiger charge is -2.28. The van der Waals surface area contributed by atoms with Crippen molar-refractivity contribution in [3.05, 3.63) is 23.9 Å². The lowest BCUT2D eigenvalue weighted by molar-refractivity contribution is 0.122. The van der Waals surface area contributed by atoms with Crippen LogP contribution in [0.5, 0.6) is 0 Å². The third-order valence-electron chi connectivity index (χ3n) is 3.16. The maximum absolute atomic E-state index is 5.61. The van der Waals surface area contributed by atoms with E-state index in [9.17, 15) is 0 Å². The predicted molar refractivity (Wildman–Crippen MR) is 74.0 cm³/mol. The first-order valence-electron chi connectivity index (χ1n) is 6.34. The first-order valence-corrected chi connectivity index (χ1v) is 6.34. The summed E-state index contributed by atoms with van der Waals surface area (Å²) >= 11 is 0. The Kier molecular flexibility index (Phi) is 3.08. The van der Waals surface area contributed by atoms with Gasteiger partial charge < -0.3 is 20.4 Å². The van der Waals surface area contributed by atoms with Gasteiger partial charge in [0.2, 0.25) is 0 Å². The fourth-order valence-corrected chi connectivity index (χ4v) is 2.21. The number of aromatic amines is 1. The van der Waals surface area contributed by atoms with Crippen LogP contribution in [-0.4, -0.2) is 41.3 Å². The molecular formula is C13H17N5O. The van der Waals surface area contributed by atoms with Crippen molar-refractivity contribution in [2.45, 2.75) is 6.92 Å². The third-order valence-corrected chi connectivity index (χ3v) is 3.16. The number of rotatable bonds is 2. The van der Waals surface area contributed by atoms with Crippen LogP contribution >= 0.6 is 0 Å². The Hall–Kier alpha value is -2.08. The molecule has 6 heteroatoms. The standard InChI is InChI=1S/C13H17N5O/c1-9-6-10(11-8-15-13(14)17-11)16-12(7-9)18-2-4-19-5-3-18/h6-8H,2-5H2,1H3,(H3,14,15,17). The highest BCUT2D eigenvalue weighted by Crippen LogP contribution is 2.22. The van der Waals surface area contributed by atoms with E-state index >= 15 is 0 Å². The summed E-state index contributed by atoms with van der Waals surface area (Å²) < 4.78 is 5.37. The number of anilines is 2. The molecule has 1 aliphatic rings. The summed E-state index contributed by atoms with van der Waals surface area (Å²) in [5.41, 5.74) is 8.49. The summed E-state index contributed by atoms with van der Waals surface area (Å²) in [6.07, 6.45) is 1.71. The second-order valence-corrected chi connectivity index (χ2v) is 4.67. The van der Waals surface area contributed by atoms with E-state index in [4.69, 9.17) is 10.5 Å². The monoisotopic (exact) mass is 259 g/mol. The number of ether oxygens (including phenoxy) is 1. The largest absolute Gasteiger partial charge is 0.378 e. The van der Waals surface area contributed by atoms with Crippen LogP contribution in [0.2, 0.25) is 0 Å². The minimum absolute atomic E-state index is 0.409. The summed E-state index contributed by atoms with van der Waals surface area (Å²) in [5.74, 6) is 1.39. The highest BCUT2D eigenvalue weighted by Gasteiger charge is 2.14. The molecule has 1 saturated heterocycles. The van der Waals surface area contributed by atoms with E-state index in [0.29, 0.717) is 5.95 Å². The highest BCUT2D eigenvalue weighted by atomic mass is 16.5. The molecule has 0 unspecified atom stereocenters. The van der Waals surface area contributed by atoms with Gasteiger partial charge in [0.1, 0.15) is 5.82 Å². The maximum Gasteiger partial charge on any atom is 0.197 e. The van der Waals surface area contributed by atoms with Crippen LogP contribution in [0.3, 0.4) is 0 Å². The molecule has 1 aliphatic heterocycles. The van der Waals surface area contributed by atoms with E-state index in [0.717, 1.165) is 43.5 Å². The van der Waals surface area contributed by atoms with Gasteiger partial charge >= 0.3 is 0 Å². The Bertz CT molecular complexity index is 574. The summed E-state index contributed by atoms with van der Waals surface area (Å²) in [6, 6.07) is 4.12. The second-order valence-electron chi connectivity index (χ2n) is 4.67. The number of aromatic nitrogens is 3. The van der Waals surface area contributed by atoms with Crippen molar-refractivity contribution >= 4 is 11.8 Å². The van der Waals surface area contributed by atoms with Crippen LogP contribution in [0.1, 0.15) is 5.56 Å². The Morgan fingerprint density at radius 1 is 1.32 bits per heavy atom. The van der Waals surface area contributed by atoms with E-state index in [1.165, 1.54) is 5.56 Å². The van der Waals surface area contributed by atoms with Gasteiger partial charge in [0.25, 0.3) is 0 Å². The lowest BCUT2D eigenvalue weighted by atomic mass is 10.2. The molecule has 6 nitrogen and oxygen atoms in total. The number of pyridine rings is 1. The molecule has 0 atom stereocenters. The molecule has 1 fully saturated rings. The number of nitrogens with two attached hydrogens (primary N) is 1. The molecule has 2 aromatic rings. The zero-order valence-corrected chi connectivity index (χ0v) is 10.9. The van der Waals surface area contributed by atoms with Crippen molar-refractivity contribution in [2.24, 2.45) is 0 Å². The van der Waals surface area contributed by atoms with Crippen molar-refractivity contribution in [3.8, 4) is 11.4 Å². The highest BCUT2D eigenvalue weighted by molar-refractivity contribution is 5.60. The van der Waals surface area contributed by atoms with Crippen LogP contribution in [-0.2, 0) is 4.74 Å². The summed E-state index contributed by atoms with van der Waals surface area (Å²) in [7, 11) is 0. The van der Waals surface area contributed by atoms with Gasteiger partial charge in [0.15, 0.2) is 5.95 Å². The van der Waals surface area contributed by atoms with E-state index in [2.05, 4.69) is 32.8 Å². The van der Waals surface area contributed by atoms with Crippen LogP contribution in [0, 0.1) is 6.92 Å². The molecule has 3 N–H and O–H groups in total. The minimum atomic E-state index is 0.409. The molecule has 100 valence electrons. The SMILES string of the molecule is Cc1cc(-c2cnc(N)[nH]2)nc(N2CCOCC2)c1. The average Bonchev–Trinajstić information content (AvgIpc) is 2.86. The van der Waals surface area contributed by atoms with Gasteiger partial charge in [-0.15, -0.1) is 0 Å². The van der Waals surface area contributed by atoms with Gasteiger partial charge in [-0.1, -0.05) is 0 Å². The molecule has 0 amide bonds. The van der Waals surface area contributed by atoms with Gasteiger partial charge in [-0.2, -0.15) is 0 Å². The molecular weight excluding hydrogens is 242 g/mol. The molecule has 0 saturated carbocycles. The van der Waals surface area contributed by atoms with Crippen molar-refractivity contribution < 1.29 is 4.74 Å². The molecule has 0 spiro atoms. The molecule has 2 aromatic heterocycles. The van der Waals surface area contributed by atoms with Gasteiger partial charge in [-0.3, -0.25) is 0 Å². The fourth-order valence-electron chi connectivity index (χ4n) is 2.21. The smallest absolute Gasteiger partial charge is 0.197 e. The third kappa shape index (κ3) is 2.53. The first kappa shape index (κ1) is 12.0. The van der Waals surface area contributed by atoms with Crippen LogP contribution in [0.15, 0.2) is 18.3 Å². The number of nitrogens with zero attached hydrogens (tertiary/aromatic N) is 3. The van der Waals surface area contributed by atoms with E-state index < -0.39 is 0 Å². The summed E-state index contributed by atoms with van der Waals surface area (Å²) in [6.45, 7) is 5.32. The number of nitrogen functional groups attached to an aromatic ring is 1. The number of hydrogen-bond acceptors (Lipinski definition) is 5. The normalized spacial score (nSPS) is 15.7. The van der Waals surface area contributed by atoms with Crippen LogP contribution in [0.4, 0.5) is 11.8 Å². The molecule has 0 radical (unpaired) electrons. The maximum atomic E-state index is 5.61. The van der Waals surface area contributed by atoms with Gasteiger partial charge in [0.05, 0.1) is 30.8 Å². The molecule has 0 bridgehead atoms. The van der Waals surface area contributed by atoms with Crippen LogP contribution < -0.4 is 10.6 Å². The molecule has 3 heterocycles. The van der Waals surface area contributed by atoms with E-state index in [1.54, 1.807) is 6.20 Å². The number of imidazole rings is 1. The molecule has 0 aliphatic carbocycles. The average molecular weight is 259 g/mol. The van der Waals surface area contributed by atoms with Crippen molar-refractivity contribution in [1.82, 2.24) is 15.0 Å². The fraction of sp³-hybridized carbons (Fsp3) is 0.385. The Morgan fingerprint density at radius 2 is 2.11 bits per heavy atom. The lowest BCUT2D eigenvalue weighted by Crippen LogP contribution is -2.36. The first-order chi connectivity index (χ1) is 9.22. The van der Waals surface area contributed by atoms with Crippen molar-refractivity contribution in [1.29, 1.82) is 0 Å². The quantitative estimate of drug-likeness (QED) is 0.847. The van der Waals surface area contributed by atoms with E-state index in [1.807, 2.05) is 6.07 Å². The molecule has 3 rings (SSSR count). The van der Waals surface area contributed by atoms with Crippen LogP contribution in [0.25, 0.3) is 11.4 Å². The predicted octanol–water partition coefficient (Wildman–Crippen LogP) is 1.20.